The van der Waals surface area contributed by atoms with Crippen molar-refractivity contribution in [2.45, 2.75) is 37.1 Å². The molecule has 1 saturated heterocycles. The van der Waals surface area contributed by atoms with E-state index in [0.717, 1.165) is 43.7 Å². The van der Waals surface area contributed by atoms with E-state index in [4.69, 9.17) is 4.74 Å². The fourth-order valence-electron chi connectivity index (χ4n) is 2.84. The Bertz CT molecular complexity index is 944. The van der Waals surface area contributed by atoms with E-state index in [1.54, 1.807) is 13.0 Å². The van der Waals surface area contributed by atoms with Crippen molar-refractivity contribution in [2.24, 2.45) is 0 Å². The summed E-state index contributed by atoms with van der Waals surface area (Å²) in [4.78, 5) is 4.04. The van der Waals surface area contributed by atoms with Crippen LogP contribution in [0, 0.1) is 6.92 Å². The van der Waals surface area contributed by atoms with E-state index in [2.05, 4.69) is 19.8 Å². The first kappa shape index (κ1) is 21.2. The highest BCUT2D eigenvalue weighted by Gasteiger charge is 2.31. The van der Waals surface area contributed by atoms with Crippen molar-refractivity contribution in [2.75, 3.05) is 17.9 Å². The van der Waals surface area contributed by atoms with Crippen LogP contribution in [0.1, 0.15) is 18.5 Å². The van der Waals surface area contributed by atoms with Gasteiger partial charge in [0.15, 0.2) is 0 Å². The Labute approximate surface area is 166 Å². The predicted molar refractivity (Wildman–Crippen MR) is 99.4 cm³/mol. The molecule has 0 unspecified atom stereocenters. The van der Waals surface area contributed by atoms with E-state index in [-0.39, 0.29) is 16.6 Å². The van der Waals surface area contributed by atoms with Crippen molar-refractivity contribution < 1.29 is 31.1 Å². The molecule has 0 spiro atoms. The molecule has 3 rings (SSSR count). The molecule has 1 fully saturated rings. The number of ether oxygens (including phenoxy) is 2. The van der Waals surface area contributed by atoms with Crippen LogP contribution in [0.4, 0.5) is 18.9 Å². The van der Waals surface area contributed by atoms with Crippen molar-refractivity contribution in [1.29, 1.82) is 0 Å². The Morgan fingerprint density at radius 1 is 1.21 bits per heavy atom. The monoisotopic (exact) mass is 431 g/mol. The number of rotatable bonds is 7. The summed E-state index contributed by atoms with van der Waals surface area (Å²) in [7, 11) is -4.01. The third-order valence-electron chi connectivity index (χ3n) is 4.27. The number of nitrogens with one attached hydrogen (secondary N) is 2. The van der Waals surface area contributed by atoms with E-state index >= 15 is 0 Å². The first-order valence-electron chi connectivity index (χ1n) is 8.85. The van der Waals surface area contributed by atoms with Gasteiger partial charge in [0.05, 0.1) is 16.3 Å². The summed E-state index contributed by atoms with van der Waals surface area (Å²) in [5.41, 5.74) is 0.648. The maximum absolute atomic E-state index is 12.5. The van der Waals surface area contributed by atoms with E-state index < -0.39 is 22.1 Å². The molecule has 0 amide bonds. The van der Waals surface area contributed by atoms with Gasteiger partial charge < -0.3 is 14.8 Å². The van der Waals surface area contributed by atoms with Crippen LogP contribution in [0.3, 0.4) is 0 Å². The number of aromatic nitrogens is 1. The first-order valence-corrected chi connectivity index (χ1v) is 10.3. The minimum Gasteiger partial charge on any atom is -0.476 e. The Morgan fingerprint density at radius 2 is 1.93 bits per heavy atom. The molecule has 1 aromatic carbocycles. The average Bonchev–Trinajstić information content (AvgIpc) is 3.15. The van der Waals surface area contributed by atoms with Crippen LogP contribution in [0.25, 0.3) is 0 Å². The lowest BCUT2D eigenvalue weighted by atomic mass is 10.2. The fourth-order valence-corrected chi connectivity index (χ4v) is 3.95. The lowest BCUT2D eigenvalue weighted by molar-refractivity contribution is -0.274. The minimum atomic E-state index is -4.85. The zero-order chi connectivity index (χ0) is 21.1. The van der Waals surface area contributed by atoms with Crippen molar-refractivity contribution in [3.8, 4) is 11.6 Å². The van der Waals surface area contributed by atoms with Crippen LogP contribution in [-0.2, 0) is 10.0 Å². The summed E-state index contributed by atoms with van der Waals surface area (Å²) in [5.74, 6) is -0.125. The Hall–Kier alpha value is -2.53. The molecule has 2 aromatic rings. The molecule has 29 heavy (non-hydrogen) atoms. The van der Waals surface area contributed by atoms with Crippen LogP contribution >= 0.6 is 0 Å². The number of sulfonamides is 1. The average molecular weight is 431 g/mol. The Balaban J connectivity index is 1.66. The number of hydrogen-bond acceptors (Lipinski definition) is 6. The molecule has 158 valence electrons. The molecule has 0 bridgehead atoms. The largest absolute Gasteiger partial charge is 0.573 e. The summed E-state index contributed by atoms with van der Waals surface area (Å²) >= 11 is 0. The summed E-state index contributed by atoms with van der Waals surface area (Å²) < 4.78 is 73.4. The van der Waals surface area contributed by atoms with Gasteiger partial charge in [-0.2, -0.15) is 0 Å². The van der Waals surface area contributed by atoms with E-state index in [1.165, 1.54) is 6.07 Å². The second-order valence-corrected chi connectivity index (χ2v) is 8.19. The lowest BCUT2D eigenvalue weighted by Crippen LogP contribution is -2.28. The minimum absolute atomic E-state index is 0.209. The zero-order valence-electron chi connectivity index (χ0n) is 15.5. The predicted octanol–water partition coefficient (Wildman–Crippen LogP) is 3.22. The van der Waals surface area contributed by atoms with E-state index in [1.807, 2.05) is 0 Å². The van der Waals surface area contributed by atoms with Crippen molar-refractivity contribution in [3.63, 3.8) is 0 Å². The SMILES string of the molecule is Cc1nc(OC[C@@H]2CCCN2)ccc1NS(=O)(=O)c1ccc(OC(F)(F)F)cc1. The molecule has 11 heteroatoms. The molecule has 1 aliphatic heterocycles. The molecule has 1 aromatic heterocycles. The molecule has 7 nitrogen and oxygen atoms in total. The number of pyridine rings is 1. The number of halogens is 3. The van der Waals surface area contributed by atoms with E-state index in [9.17, 15) is 21.6 Å². The van der Waals surface area contributed by atoms with Gasteiger partial charge in [-0.3, -0.25) is 4.72 Å². The Kier molecular flexibility index (Phi) is 6.18. The molecule has 1 atom stereocenters. The quantitative estimate of drug-likeness (QED) is 0.700. The molecular weight excluding hydrogens is 411 g/mol. The van der Waals surface area contributed by atoms with Crippen molar-refractivity contribution >= 4 is 15.7 Å². The van der Waals surface area contributed by atoms with Crippen molar-refractivity contribution in [1.82, 2.24) is 10.3 Å². The van der Waals surface area contributed by atoms with Gasteiger partial charge in [0.1, 0.15) is 12.4 Å². The van der Waals surface area contributed by atoms with Gasteiger partial charge in [0.2, 0.25) is 5.88 Å². The Morgan fingerprint density at radius 3 is 2.52 bits per heavy atom. The highest BCUT2D eigenvalue weighted by molar-refractivity contribution is 7.92. The smallest absolute Gasteiger partial charge is 0.476 e. The number of nitrogens with zero attached hydrogens (tertiary/aromatic N) is 1. The maximum atomic E-state index is 12.5. The van der Waals surface area contributed by atoms with Crippen LogP contribution in [-0.4, -0.2) is 39.0 Å². The van der Waals surface area contributed by atoms with E-state index in [0.29, 0.717) is 18.2 Å². The second kappa shape index (κ2) is 8.46. The van der Waals surface area contributed by atoms with Crippen LogP contribution < -0.4 is 19.5 Å². The number of benzene rings is 1. The highest BCUT2D eigenvalue weighted by Crippen LogP contribution is 2.26. The summed E-state index contributed by atoms with van der Waals surface area (Å²) in [6.07, 6.45) is -2.72. The molecule has 0 saturated carbocycles. The van der Waals surface area contributed by atoms with Crippen molar-refractivity contribution in [3.05, 3.63) is 42.1 Å². The van der Waals surface area contributed by atoms with Gasteiger partial charge in [-0.1, -0.05) is 0 Å². The summed E-state index contributed by atoms with van der Waals surface area (Å²) in [5, 5.41) is 3.30. The third kappa shape index (κ3) is 5.97. The zero-order valence-corrected chi connectivity index (χ0v) is 16.3. The number of aryl methyl sites for hydroxylation is 1. The fraction of sp³-hybridized carbons (Fsp3) is 0.389. The van der Waals surface area contributed by atoms with Crippen LogP contribution in [0.2, 0.25) is 0 Å². The number of alkyl halides is 3. The molecular formula is C18H20F3N3O4S. The summed E-state index contributed by atoms with van der Waals surface area (Å²) in [6, 6.07) is 7.27. The number of anilines is 1. The second-order valence-electron chi connectivity index (χ2n) is 6.51. The highest BCUT2D eigenvalue weighted by atomic mass is 32.2. The van der Waals surface area contributed by atoms with Gasteiger partial charge in [0.25, 0.3) is 10.0 Å². The van der Waals surface area contributed by atoms with Gasteiger partial charge >= 0.3 is 6.36 Å². The standard InChI is InChI=1S/C18H20F3N3O4S/c1-12-16(8-9-17(23-12)27-11-13-3-2-10-22-13)24-29(25,26)15-6-4-14(5-7-15)28-18(19,20)21/h4-9,13,22,24H,2-3,10-11H2,1H3/t13-/m0/s1. The van der Waals surface area contributed by atoms with Crippen LogP contribution in [0.15, 0.2) is 41.3 Å². The lowest BCUT2D eigenvalue weighted by Gasteiger charge is -2.14. The number of hydrogen-bond donors (Lipinski definition) is 2. The maximum Gasteiger partial charge on any atom is 0.573 e. The molecule has 2 heterocycles. The molecule has 2 N–H and O–H groups in total. The molecule has 0 radical (unpaired) electrons. The van der Waals surface area contributed by atoms with Gasteiger partial charge in [-0.25, -0.2) is 13.4 Å². The van der Waals surface area contributed by atoms with Crippen LogP contribution in [0.5, 0.6) is 11.6 Å². The summed E-state index contributed by atoms with van der Waals surface area (Å²) in [6.45, 7) is 3.06. The normalized spacial score (nSPS) is 17.2. The molecule has 1 aliphatic rings. The van der Waals surface area contributed by atoms with Gasteiger partial charge in [-0.05, 0) is 56.6 Å². The first-order chi connectivity index (χ1) is 13.6. The third-order valence-corrected chi connectivity index (χ3v) is 5.65. The topological polar surface area (TPSA) is 89.5 Å². The molecule has 0 aliphatic carbocycles. The van der Waals surface area contributed by atoms with Gasteiger partial charge in [0, 0.05) is 12.1 Å². The van der Waals surface area contributed by atoms with Gasteiger partial charge in [-0.15, -0.1) is 13.2 Å².